The monoisotopic (exact) mass is 208 g/mol. The van der Waals surface area contributed by atoms with Crippen LogP contribution in [0.1, 0.15) is 17.1 Å². The van der Waals surface area contributed by atoms with Gasteiger partial charge in [0.05, 0.1) is 12.1 Å². The fourth-order valence-corrected chi connectivity index (χ4v) is 1.67. The van der Waals surface area contributed by atoms with Gasteiger partial charge in [-0.15, -0.1) is 0 Å². The number of carbonyl (C=O) groups excluding carboxylic acids is 1. The van der Waals surface area contributed by atoms with Crippen LogP contribution in [-0.2, 0) is 24.2 Å². The van der Waals surface area contributed by atoms with Gasteiger partial charge in [-0.3, -0.25) is 9.59 Å². The Morgan fingerprint density at radius 1 is 1.53 bits per heavy atom. The number of aromatic nitrogens is 2. The molecule has 1 aliphatic heterocycles. The minimum atomic E-state index is -0.498. The van der Waals surface area contributed by atoms with Gasteiger partial charge in [0.1, 0.15) is 5.82 Å². The van der Waals surface area contributed by atoms with Crippen molar-refractivity contribution in [3.63, 3.8) is 0 Å². The molecule has 2 heterocycles. The number of hydrogen-bond acceptors (Lipinski definition) is 4. The highest BCUT2D eigenvalue weighted by molar-refractivity contribution is 5.75. The molecule has 6 heteroatoms. The minimum Gasteiger partial charge on any atom is -0.369 e. The highest BCUT2D eigenvalue weighted by atomic mass is 16.1. The van der Waals surface area contributed by atoms with E-state index in [-0.39, 0.29) is 12.0 Å². The van der Waals surface area contributed by atoms with Gasteiger partial charge < -0.3 is 16.0 Å². The first-order valence-corrected chi connectivity index (χ1v) is 4.77. The Hall–Kier alpha value is -1.69. The van der Waals surface area contributed by atoms with Crippen molar-refractivity contribution in [3.05, 3.63) is 27.4 Å². The molecule has 0 bridgehead atoms. The molecule has 0 unspecified atom stereocenters. The van der Waals surface area contributed by atoms with Crippen LogP contribution >= 0.6 is 0 Å². The third-order valence-electron chi connectivity index (χ3n) is 2.34. The zero-order valence-corrected chi connectivity index (χ0v) is 8.17. The van der Waals surface area contributed by atoms with Crippen molar-refractivity contribution in [3.8, 4) is 0 Å². The number of nitrogens with one attached hydrogen (secondary N) is 2. The number of nitrogens with two attached hydrogens (primary N) is 1. The molecule has 4 N–H and O–H groups in total. The first-order chi connectivity index (χ1) is 7.16. The van der Waals surface area contributed by atoms with Crippen molar-refractivity contribution in [2.45, 2.75) is 19.4 Å². The summed E-state index contributed by atoms with van der Waals surface area (Å²) in [5.41, 5.74) is 6.31. The summed E-state index contributed by atoms with van der Waals surface area (Å²) in [5.74, 6) is -0.156. The second-order valence-electron chi connectivity index (χ2n) is 3.51. The highest BCUT2D eigenvalue weighted by Crippen LogP contribution is 2.06. The number of fused-ring (bicyclic) bond motifs is 1. The molecule has 15 heavy (non-hydrogen) atoms. The van der Waals surface area contributed by atoms with Crippen LogP contribution in [0.3, 0.4) is 0 Å². The molecule has 0 saturated carbocycles. The molecule has 0 fully saturated rings. The van der Waals surface area contributed by atoms with Crippen molar-refractivity contribution in [2.75, 3.05) is 6.54 Å². The maximum atomic E-state index is 11.6. The van der Waals surface area contributed by atoms with E-state index in [2.05, 4.69) is 15.3 Å². The van der Waals surface area contributed by atoms with Crippen LogP contribution in [0.2, 0.25) is 0 Å². The van der Waals surface area contributed by atoms with E-state index in [1.54, 1.807) is 0 Å². The largest absolute Gasteiger partial charge is 0.369 e. The molecule has 0 saturated heterocycles. The minimum absolute atomic E-state index is 0.0253. The molecule has 1 amide bonds. The molecule has 1 aliphatic rings. The topological polar surface area (TPSA) is 101 Å². The lowest BCUT2D eigenvalue weighted by atomic mass is 10.1. The summed E-state index contributed by atoms with van der Waals surface area (Å²) in [7, 11) is 0. The zero-order valence-electron chi connectivity index (χ0n) is 8.17. The number of amides is 1. The van der Waals surface area contributed by atoms with Crippen molar-refractivity contribution < 1.29 is 4.79 Å². The van der Waals surface area contributed by atoms with Gasteiger partial charge >= 0.3 is 0 Å². The summed E-state index contributed by atoms with van der Waals surface area (Å²) in [6.45, 7) is 1.36. The first-order valence-electron chi connectivity index (χ1n) is 4.77. The summed E-state index contributed by atoms with van der Waals surface area (Å²) in [6.07, 6.45) is 0.650. The number of rotatable bonds is 2. The van der Waals surface area contributed by atoms with Crippen LogP contribution in [0, 0.1) is 0 Å². The van der Waals surface area contributed by atoms with E-state index in [9.17, 15) is 9.59 Å². The molecule has 1 aromatic heterocycles. The Bertz CT molecular complexity index is 452. The lowest BCUT2D eigenvalue weighted by Crippen LogP contribution is -2.32. The Morgan fingerprint density at radius 3 is 3.07 bits per heavy atom. The smallest absolute Gasteiger partial charge is 0.254 e. The summed E-state index contributed by atoms with van der Waals surface area (Å²) >= 11 is 0. The van der Waals surface area contributed by atoms with Crippen LogP contribution in [0.15, 0.2) is 4.79 Å². The van der Waals surface area contributed by atoms with Gasteiger partial charge in [-0.05, 0) is 13.0 Å². The van der Waals surface area contributed by atoms with Crippen molar-refractivity contribution in [1.29, 1.82) is 0 Å². The zero-order chi connectivity index (χ0) is 10.8. The van der Waals surface area contributed by atoms with E-state index in [4.69, 9.17) is 5.73 Å². The number of carbonyl (C=O) groups is 1. The van der Waals surface area contributed by atoms with Gasteiger partial charge in [-0.1, -0.05) is 0 Å². The molecule has 0 atom stereocenters. The SMILES string of the molecule is NC(=O)Cc1nc2c(c(=O)[nH]1)CCNC2. The standard InChI is InChI=1S/C9H12N4O2/c10-7(14)3-8-12-6-4-11-2-1-5(6)9(15)13-8/h11H,1-4H2,(H2,10,14)(H,12,13,15). The van der Waals surface area contributed by atoms with Gasteiger partial charge in [0.2, 0.25) is 5.91 Å². The highest BCUT2D eigenvalue weighted by Gasteiger charge is 2.15. The van der Waals surface area contributed by atoms with E-state index in [1.807, 2.05) is 0 Å². The average molecular weight is 208 g/mol. The van der Waals surface area contributed by atoms with Crippen LogP contribution in [0.25, 0.3) is 0 Å². The summed E-state index contributed by atoms with van der Waals surface area (Å²) in [4.78, 5) is 29.1. The number of hydrogen-bond donors (Lipinski definition) is 3. The molecule has 6 nitrogen and oxygen atoms in total. The van der Waals surface area contributed by atoms with E-state index in [0.29, 0.717) is 24.4 Å². The maximum Gasteiger partial charge on any atom is 0.254 e. The Morgan fingerprint density at radius 2 is 2.33 bits per heavy atom. The van der Waals surface area contributed by atoms with Gasteiger partial charge in [-0.2, -0.15) is 0 Å². The Kier molecular flexibility index (Phi) is 2.51. The lowest BCUT2D eigenvalue weighted by Gasteiger charge is -2.15. The molecule has 0 radical (unpaired) electrons. The van der Waals surface area contributed by atoms with Gasteiger partial charge in [0.15, 0.2) is 0 Å². The van der Waals surface area contributed by atoms with E-state index in [0.717, 1.165) is 12.2 Å². The summed E-state index contributed by atoms with van der Waals surface area (Å²) in [5, 5.41) is 3.12. The fourth-order valence-electron chi connectivity index (χ4n) is 1.67. The number of aromatic amines is 1. The van der Waals surface area contributed by atoms with Gasteiger partial charge in [0, 0.05) is 12.1 Å². The predicted octanol–water partition coefficient (Wildman–Crippen LogP) is -1.56. The average Bonchev–Trinajstić information content (AvgIpc) is 2.16. The number of primary amides is 1. The Labute approximate surface area is 85.9 Å². The molecule has 0 aromatic carbocycles. The van der Waals surface area contributed by atoms with Crippen LogP contribution in [0.4, 0.5) is 0 Å². The summed E-state index contributed by atoms with van der Waals surface area (Å²) < 4.78 is 0. The third kappa shape index (κ3) is 2.04. The molecule has 0 spiro atoms. The van der Waals surface area contributed by atoms with Crippen LogP contribution in [-0.4, -0.2) is 22.4 Å². The number of nitrogens with zero attached hydrogens (tertiary/aromatic N) is 1. The van der Waals surface area contributed by atoms with Gasteiger partial charge in [0.25, 0.3) is 5.56 Å². The molecule has 1 aromatic rings. The van der Waals surface area contributed by atoms with E-state index in [1.165, 1.54) is 0 Å². The molecule has 2 rings (SSSR count). The number of H-pyrrole nitrogens is 1. The molecular formula is C9H12N4O2. The summed E-state index contributed by atoms with van der Waals surface area (Å²) in [6, 6.07) is 0. The van der Waals surface area contributed by atoms with Crippen molar-refractivity contribution >= 4 is 5.91 Å². The Balaban J connectivity index is 2.40. The van der Waals surface area contributed by atoms with Crippen LogP contribution < -0.4 is 16.6 Å². The van der Waals surface area contributed by atoms with E-state index < -0.39 is 5.91 Å². The quantitative estimate of drug-likeness (QED) is 0.547. The lowest BCUT2D eigenvalue weighted by molar-refractivity contribution is -0.117. The third-order valence-corrected chi connectivity index (χ3v) is 2.34. The van der Waals surface area contributed by atoms with Crippen LogP contribution in [0.5, 0.6) is 0 Å². The molecular weight excluding hydrogens is 196 g/mol. The molecule has 0 aliphatic carbocycles. The van der Waals surface area contributed by atoms with E-state index >= 15 is 0 Å². The van der Waals surface area contributed by atoms with Crippen molar-refractivity contribution in [1.82, 2.24) is 15.3 Å². The second-order valence-corrected chi connectivity index (χ2v) is 3.51. The fraction of sp³-hybridized carbons (Fsp3) is 0.444. The van der Waals surface area contributed by atoms with Crippen molar-refractivity contribution in [2.24, 2.45) is 5.73 Å². The first kappa shape index (κ1) is 9.85. The normalized spacial score (nSPS) is 14.7. The predicted molar refractivity (Wildman–Crippen MR) is 53.2 cm³/mol. The maximum absolute atomic E-state index is 11.6. The second kappa shape index (κ2) is 3.82. The van der Waals surface area contributed by atoms with Gasteiger partial charge in [-0.25, -0.2) is 4.98 Å². The molecule has 80 valence electrons.